The number of carboxylic acids is 1. The number of fused-ring (bicyclic) bond motifs is 1. The molecule has 2 atom stereocenters. The van der Waals surface area contributed by atoms with E-state index in [1.165, 1.54) is 6.20 Å². The fraction of sp³-hybridized carbons (Fsp3) is 0.471. The number of hydrogen-bond donors (Lipinski definition) is 2. The van der Waals surface area contributed by atoms with Crippen molar-refractivity contribution < 1.29 is 19.0 Å². The lowest BCUT2D eigenvalue weighted by molar-refractivity contribution is 0.0695. The van der Waals surface area contributed by atoms with Crippen molar-refractivity contribution in [3.05, 3.63) is 33.9 Å². The summed E-state index contributed by atoms with van der Waals surface area (Å²) < 4.78 is 21.7. The van der Waals surface area contributed by atoms with Gasteiger partial charge in [-0.1, -0.05) is 0 Å². The van der Waals surface area contributed by atoms with Crippen LogP contribution in [0.1, 0.15) is 29.2 Å². The van der Waals surface area contributed by atoms with E-state index in [2.05, 4.69) is 4.98 Å². The van der Waals surface area contributed by atoms with Crippen LogP contribution in [0.2, 0.25) is 0 Å². The van der Waals surface area contributed by atoms with Gasteiger partial charge < -0.3 is 25.0 Å². The van der Waals surface area contributed by atoms with Gasteiger partial charge in [0, 0.05) is 32.4 Å². The Morgan fingerprint density at radius 2 is 2.15 bits per heavy atom. The molecule has 138 valence electrons. The summed E-state index contributed by atoms with van der Waals surface area (Å²) in [5, 5.41) is 9.25. The van der Waals surface area contributed by atoms with Crippen LogP contribution in [0.5, 0.6) is 0 Å². The first kappa shape index (κ1) is 16.9. The van der Waals surface area contributed by atoms with Gasteiger partial charge in [-0.3, -0.25) is 4.79 Å². The fourth-order valence-electron chi connectivity index (χ4n) is 3.46. The van der Waals surface area contributed by atoms with Gasteiger partial charge >= 0.3 is 5.97 Å². The molecule has 1 saturated heterocycles. The van der Waals surface area contributed by atoms with Gasteiger partial charge in [0.05, 0.1) is 17.5 Å². The largest absolute Gasteiger partial charge is 0.477 e. The van der Waals surface area contributed by atoms with Gasteiger partial charge in [0.2, 0.25) is 5.43 Å². The van der Waals surface area contributed by atoms with Crippen molar-refractivity contribution in [2.45, 2.75) is 31.0 Å². The Bertz CT molecular complexity index is 956. The molecule has 8 nitrogen and oxygen atoms in total. The smallest absolute Gasteiger partial charge is 0.341 e. The summed E-state index contributed by atoms with van der Waals surface area (Å²) >= 11 is 0. The minimum absolute atomic E-state index is 0.0233. The van der Waals surface area contributed by atoms with Crippen LogP contribution < -0.4 is 16.1 Å². The SMILES string of the molecule is CO[C@H]1CN(c2nc3c(cc2F)c(=O)c(C(=O)O)cn3C2CC2)C[C@H]1N. The van der Waals surface area contributed by atoms with Crippen LogP contribution in [-0.4, -0.2) is 53.0 Å². The molecule has 2 aromatic rings. The third kappa shape index (κ3) is 2.63. The van der Waals surface area contributed by atoms with Gasteiger partial charge in [-0.25, -0.2) is 14.2 Å². The Morgan fingerprint density at radius 3 is 2.73 bits per heavy atom. The Morgan fingerprint density at radius 1 is 1.42 bits per heavy atom. The number of halogens is 1. The van der Waals surface area contributed by atoms with Crippen LogP contribution in [-0.2, 0) is 4.74 Å². The number of rotatable bonds is 4. The van der Waals surface area contributed by atoms with Crippen LogP contribution in [0.15, 0.2) is 17.1 Å². The number of hydrogen-bond acceptors (Lipinski definition) is 6. The van der Waals surface area contributed by atoms with Crippen molar-refractivity contribution >= 4 is 22.8 Å². The van der Waals surface area contributed by atoms with Gasteiger partial charge in [0.15, 0.2) is 11.6 Å². The van der Waals surface area contributed by atoms with Crippen LogP contribution in [0.3, 0.4) is 0 Å². The minimum Gasteiger partial charge on any atom is -0.477 e. The molecule has 0 aromatic carbocycles. The molecule has 4 rings (SSSR count). The van der Waals surface area contributed by atoms with Crippen LogP contribution in [0, 0.1) is 5.82 Å². The molecule has 0 spiro atoms. The number of aromatic carboxylic acids is 1. The lowest BCUT2D eigenvalue weighted by atomic mass is 10.2. The molecule has 3 N–H and O–H groups in total. The van der Waals surface area contributed by atoms with Gasteiger partial charge in [-0.05, 0) is 18.9 Å². The predicted molar refractivity (Wildman–Crippen MR) is 92.2 cm³/mol. The van der Waals surface area contributed by atoms with E-state index in [0.717, 1.165) is 18.9 Å². The van der Waals surface area contributed by atoms with Gasteiger partial charge in [0.25, 0.3) is 0 Å². The molecule has 3 heterocycles. The number of anilines is 1. The molecular weight excluding hydrogens is 343 g/mol. The van der Waals surface area contributed by atoms with Crippen molar-refractivity contribution in [1.82, 2.24) is 9.55 Å². The molecule has 1 aliphatic carbocycles. The molecule has 26 heavy (non-hydrogen) atoms. The summed E-state index contributed by atoms with van der Waals surface area (Å²) in [5.41, 5.74) is 5.21. The highest BCUT2D eigenvalue weighted by Crippen LogP contribution is 2.37. The summed E-state index contributed by atoms with van der Waals surface area (Å²) in [5.74, 6) is -1.91. The zero-order valence-electron chi connectivity index (χ0n) is 14.2. The van der Waals surface area contributed by atoms with Crippen molar-refractivity contribution in [2.24, 2.45) is 5.73 Å². The third-order valence-corrected chi connectivity index (χ3v) is 5.02. The van der Waals surface area contributed by atoms with E-state index < -0.39 is 17.2 Å². The molecule has 9 heteroatoms. The van der Waals surface area contributed by atoms with E-state index in [4.69, 9.17) is 10.5 Å². The highest BCUT2D eigenvalue weighted by molar-refractivity contribution is 5.92. The maximum absolute atomic E-state index is 14.7. The van der Waals surface area contributed by atoms with E-state index in [0.29, 0.717) is 18.7 Å². The molecule has 0 radical (unpaired) electrons. The Kier molecular flexibility index (Phi) is 3.92. The Balaban J connectivity index is 1.89. The summed E-state index contributed by atoms with van der Waals surface area (Å²) in [4.78, 5) is 29.9. The van der Waals surface area contributed by atoms with Crippen LogP contribution in [0.25, 0.3) is 11.0 Å². The second kappa shape index (κ2) is 6.03. The van der Waals surface area contributed by atoms with E-state index in [-0.39, 0.29) is 35.0 Å². The standard InChI is InChI=1S/C17H19FN4O4/c1-26-13-7-21(6-12(13)19)16-11(18)4-9-14(23)10(17(24)25)5-22(8-2-3-8)15(9)20-16/h4-5,8,12-13H,2-3,6-7,19H2,1H3,(H,24,25)/t12-,13+/m1/s1. The quantitative estimate of drug-likeness (QED) is 0.825. The maximum Gasteiger partial charge on any atom is 0.341 e. The van der Waals surface area contributed by atoms with Crippen LogP contribution in [0.4, 0.5) is 10.2 Å². The molecule has 0 amide bonds. The summed E-state index contributed by atoms with van der Waals surface area (Å²) in [6.07, 6.45) is 2.82. The number of carbonyl (C=O) groups is 1. The summed E-state index contributed by atoms with van der Waals surface area (Å²) in [6, 6.07) is 0.892. The summed E-state index contributed by atoms with van der Waals surface area (Å²) in [6.45, 7) is 0.781. The number of nitrogens with zero attached hydrogens (tertiary/aromatic N) is 3. The molecule has 2 aliphatic rings. The van der Waals surface area contributed by atoms with E-state index in [9.17, 15) is 19.1 Å². The maximum atomic E-state index is 14.7. The first-order valence-electron chi connectivity index (χ1n) is 8.42. The molecule has 2 aromatic heterocycles. The first-order chi connectivity index (χ1) is 12.4. The highest BCUT2D eigenvalue weighted by atomic mass is 19.1. The number of pyridine rings is 2. The Labute approximate surface area is 148 Å². The number of carboxylic acid groups (broad SMARTS) is 1. The van der Waals surface area contributed by atoms with E-state index >= 15 is 0 Å². The first-order valence-corrected chi connectivity index (χ1v) is 8.42. The summed E-state index contributed by atoms with van der Waals surface area (Å²) in [7, 11) is 1.55. The molecule has 0 bridgehead atoms. The lowest BCUT2D eigenvalue weighted by Gasteiger charge is -2.19. The molecular formula is C17H19FN4O4. The van der Waals surface area contributed by atoms with Crippen molar-refractivity contribution in [1.29, 1.82) is 0 Å². The average molecular weight is 362 g/mol. The topological polar surface area (TPSA) is 111 Å². The van der Waals surface area contributed by atoms with Gasteiger partial charge in [-0.15, -0.1) is 0 Å². The van der Waals surface area contributed by atoms with E-state index in [1.807, 2.05) is 0 Å². The van der Waals surface area contributed by atoms with Gasteiger partial charge in [0.1, 0.15) is 11.2 Å². The Hall–Kier alpha value is -2.52. The molecule has 2 fully saturated rings. The third-order valence-electron chi connectivity index (χ3n) is 5.02. The fourth-order valence-corrected chi connectivity index (χ4v) is 3.46. The molecule has 1 saturated carbocycles. The second-order valence-corrected chi connectivity index (χ2v) is 6.82. The van der Waals surface area contributed by atoms with Gasteiger partial charge in [-0.2, -0.15) is 0 Å². The number of methoxy groups -OCH3 is 1. The zero-order valence-corrected chi connectivity index (χ0v) is 14.2. The van der Waals surface area contributed by atoms with Crippen molar-refractivity contribution in [3.8, 4) is 0 Å². The van der Waals surface area contributed by atoms with Crippen LogP contribution >= 0.6 is 0 Å². The predicted octanol–water partition coefficient (Wildman–Crippen LogP) is 0.731. The van der Waals surface area contributed by atoms with Crippen molar-refractivity contribution in [3.63, 3.8) is 0 Å². The average Bonchev–Trinajstić information content (AvgIpc) is 3.37. The monoisotopic (exact) mass is 362 g/mol. The highest BCUT2D eigenvalue weighted by Gasteiger charge is 2.34. The minimum atomic E-state index is -1.33. The van der Waals surface area contributed by atoms with Crippen molar-refractivity contribution in [2.75, 3.05) is 25.1 Å². The number of nitrogens with two attached hydrogens (primary N) is 1. The number of ether oxygens (including phenoxy) is 1. The lowest BCUT2D eigenvalue weighted by Crippen LogP contribution is -2.34. The number of aromatic nitrogens is 2. The normalized spacial score (nSPS) is 23.0. The second-order valence-electron chi connectivity index (χ2n) is 6.82. The molecule has 0 unspecified atom stereocenters. The van der Waals surface area contributed by atoms with E-state index in [1.54, 1.807) is 16.6 Å². The zero-order chi connectivity index (χ0) is 18.6. The molecule has 1 aliphatic heterocycles.